The van der Waals surface area contributed by atoms with Crippen molar-refractivity contribution >= 4 is 27.2 Å². The third-order valence-corrected chi connectivity index (χ3v) is 6.31. The van der Waals surface area contributed by atoms with Crippen LogP contribution in [-0.2, 0) is 19.4 Å². The van der Waals surface area contributed by atoms with Gasteiger partial charge in [-0.3, -0.25) is 4.90 Å². The maximum atomic E-state index is 4.88. The maximum absolute atomic E-state index is 4.88. The smallest absolute Gasteiger partial charge is 0.167 e. The molecule has 0 fully saturated rings. The molecule has 26 heavy (non-hydrogen) atoms. The summed E-state index contributed by atoms with van der Waals surface area (Å²) in [5, 5.41) is 5.88. The van der Waals surface area contributed by atoms with Gasteiger partial charge in [0, 0.05) is 30.4 Å². The lowest BCUT2D eigenvalue weighted by Gasteiger charge is -2.30. The Morgan fingerprint density at radius 2 is 2.04 bits per heavy atom. The van der Waals surface area contributed by atoms with Crippen LogP contribution >= 0.6 is 11.3 Å². The second kappa shape index (κ2) is 6.14. The van der Waals surface area contributed by atoms with Gasteiger partial charge >= 0.3 is 0 Å². The Kier molecular flexibility index (Phi) is 3.76. The normalized spacial score (nSPS) is 15.2. The van der Waals surface area contributed by atoms with Crippen LogP contribution in [0.2, 0.25) is 0 Å². The third kappa shape index (κ3) is 2.61. The Morgan fingerprint density at radius 1 is 1.19 bits per heavy atom. The zero-order valence-electron chi connectivity index (χ0n) is 15.0. The predicted molar refractivity (Wildman–Crippen MR) is 105 cm³/mol. The van der Waals surface area contributed by atoms with Crippen molar-refractivity contribution in [3.8, 4) is 0 Å². The number of benzene rings is 1. The lowest BCUT2D eigenvalue weighted by molar-refractivity contribution is 0.206. The second-order valence-corrected chi connectivity index (χ2v) is 8.28. The van der Waals surface area contributed by atoms with Crippen molar-refractivity contribution in [2.75, 3.05) is 6.54 Å². The van der Waals surface area contributed by atoms with Crippen LogP contribution in [0, 0.1) is 0 Å². The molecule has 1 aromatic carbocycles. The van der Waals surface area contributed by atoms with Gasteiger partial charge in [-0.1, -0.05) is 30.3 Å². The van der Waals surface area contributed by atoms with E-state index in [9.17, 15) is 0 Å². The van der Waals surface area contributed by atoms with Crippen LogP contribution in [0.25, 0.3) is 15.9 Å². The van der Waals surface area contributed by atoms with E-state index in [-0.39, 0.29) is 0 Å². The average molecular weight is 363 g/mol. The molecule has 4 aromatic rings. The number of thiophene rings is 1. The molecular formula is C20H21N5S. The van der Waals surface area contributed by atoms with E-state index in [2.05, 4.69) is 53.1 Å². The van der Waals surface area contributed by atoms with E-state index in [0.29, 0.717) is 6.04 Å². The fourth-order valence-electron chi connectivity index (χ4n) is 3.75. The van der Waals surface area contributed by atoms with Gasteiger partial charge in [0.2, 0.25) is 0 Å². The summed E-state index contributed by atoms with van der Waals surface area (Å²) in [5.74, 6) is 0.852. The first-order chi connectivity index (χ1) is 12.7. The van der Waals surface area contributed by atoms with Crippen molar-refractivity contribution in [1.82, 2.24) is 24.5 Å². The summed E-state index contributed by atoms with van der Waals surface area (Å²) in [7, 11) is 0. The van der Waals surface area contributed by atoms with Gasteiger partial charge in [-0.2, -0.15) is 0 Å². The zero-order valence-corrected chi connectivity index (χ0v) is 15.8. The van der Waals surface area contributed by atoms with Crippen LogP contribution in [0.5, 0.6) is 0 Å². The largest absolute Gasteiger partial charge is 0.296 e. The third-order valence-electron chi connectivity index (χ3n) is 5.19. The van der Waals surface area contributed by atoms with Gasteiger partial charge in [-0.25, -0.2) is 14.5 Å². The van der Waals surface area contributed by atoms with Gasteiger partial charge in [0.1, 0.15) is 11.2 Å². The van der Waals surface area contributed by atoms with Crippen molar-refractivity contribution in [1.29, 1.82) is 0 Å². The summed E-state index contributed by atoms with van der Waals surface area (Å²) in [5.41, 5.74) is 3.61. The molecule has 0 spiro atoms. The van der Waals surface area contributed by atoms with Crippen LogP contribution in [0.15, 0.2) is 36.7 Å². The van der Waals surface area contributed by atoms with E-state index >= 15 is 0 Å². The van der Waals surface area contributed by atoms with Crippen molar-refractivity contribution in [3.05, 3.63) is 58.5 Å². The standard InChI is InChI=1S/C20H21N5S/c1-13(2)24-9-8-15-16(11-24)26-20-18(15)19-22-17(23-25(19)12-21-20)10-14-6-4-3-5-7-14/h3-7,12-13H,8-11H2,1-2H3. The molecule has 4 heterocycles. The summed E-state index contributed by atoms with van der Waals surface area (Å²) >= 11 is 1.82. The first-order valence-electron chi connectivity index (χ1n) is 9.11. The molecule has 0 saturated heterocycles. The van der Waals surface area contributed by atoms with E-state index in [4.69, 9.17) is 4.98 Å². The molecule has 5 nitrogen and oxygen atoms in total. The second-order valence-electron chi connectivity index (χ2n) is 7.20. The van der Waals surface area contributed by atoms with Gasteiger partial charge in [0.05, 0.1) is 5.39 Å². The van der Waals surface area contributed by atoms with Crippen LogP contribution in [0.4, 0.5) is 0 Å². The van der Waals surface area contributed by atoms with Crippen molar-refractivity contribution < 1.29 is 0 Å². The topological polar surface area (TPSA) is 46.3 Å². The first-order valence-corrected chi connectivity index (χ1v) is 9.93. The molecule has 0 atom stereocenters. The Labute approximate surface area is 156 Å². The fraction of sp³-hybridized carbons (Fsp3) is 0.350. The minimum absolute atomic E-state index is 0.576. The van der Waals surface area contributed by atoms with Crippen LogP contribution in [-0.4, -0.2) is 37.1 Å². The maximum Gasteiger partial charge on any atom is 0.167 e. The molecule has 3 aromatic heterocycles. The quantitative estimate of drug-likeness (QED) is 0.557. The molecule has 6 heteroatoms. The summed E-state index contributed by atoms with van der Waals surface area (Å²) in [4.78, 5) is 14.6. The van der Waals surface area contributed by atoms with Gasteiger partial charge in [0.25, 0.3) is 0 Å². The summed E-state index contributed by atoms with van der Waals surface area (Å²) in [6, 6.07) is 11.0. The lowest BCUT2D eigenvalue weighted by atomic mass is 10.0. The van der Waals surface area contributed by atoms with Crippen LogP contribution in [0.3, 0.4) is 0 Å². The predicted octanol–water partition coefficient (Wildman–Crippen LogP) is 3.70. The summed E-state index contributed by atoms with van der Waals surface area (Å²) in [6.45, 7) is 6.65. The fourth-order valence-corrected chi connectivity index (χ4v) is 4.96. The SMILES string of the molecule is CC(C)N1CCc2c(sc3ncn4nc(Cc5ccccc5)nc4c23)C1. The van der Waals surface area contributed by atoms with Gasteiger partial charge in [0.15, 0.2) is 11.5 Å². The highest BCUT2D eigenvalue weighted by Gasteiger charge is 2.25. The van der Waals surface area contributed by atoms with E-state index in [0.717, 1.165) is 42.2 Å². The van der Waals surface area contributed by atoms with Crippen LogP contribution < -0.4 is 0 Å². The highest BCUT2D eigenvalue weighted by molar-refractivity contribution is 7.19. The van der Waals surface area contributed by atoms with Crippen molar-refractivity contribution in [2.24, 2.45) is 0 Å². The van der Waals surface area contributed by atoms with Crippen molar-refractivity contribution in [2.45, 2.75) is 39.3 Å². The Balaban J connectivity index is 1.59. The van der Waals surface area contributed by atoms with E-state index in [1.54, 1.807) is 6.33 Å². The Bertz CT molecular complexity index is 1080. The number of hydrogen-bond donors (Lipinski definition) is 0. The van der Waals surface area contributed by atoms with E-state index < -0.39 is 0 Å². The number of fused-ring (bicyclic) bond motifs is 5. The average Bonchev–Trinajstić information content (AvgIpc) is 3.21. The molecule has 0 bridgehead atoms. The van der Waals surface area contributed by atoms with Gasteiger partial charge in [-0.15, -0.1) is 16.4 Å². The highest BCUT2D eigenvalue weighted by Crippen LogP contribution is 2.36. The first kappa shape index (κ1) is 15.9. The molecule has 0 saturated carbocycles. The molecule has 5 rings (SSSR count). The summed E-state index contributed by atoms with van der Waals surface area (Å²) in [6.07, 6.45) is 3.62. The molecule has 0 amide bonds. The molecule has 0 aliphatic carbocycles. The monoisotopic (exact) mass is 363 g/mol. The highest BCUT2D eigenvalue weighted by atomic mass is 32.1. The number of hydrogen-bond acceptors (Lipinski definition) is 5. The van der Waals surface area contributed by atoms with Gasteiger partial charge < -0.3 is 0 Å². The molecular weight excluding hydrogens is 342 g/mol. The molecule has 1 aliphatic heterocycles. The lowest BCUT2D eigenvalue weighted by Crippen LogP contribution is -2.35. The molecule has 132 valence electrons. The van der Waals surface area contributed by atoms with E-state index in [1.807, 2.05) is 21.9 Å². The molecule has 1 aliphatic rings. The molecule has 0 radical (unpaired) electrons. The number of aromatic nitrogens is 4. The number of rotatable bonds is 3. The Morgan fingerprint density at radius 3 is 2.85 bits per heavy atom. The van der Waals surface area contributed by atoms with Crippen molar-refractivity contribution in [3.63, 3.8) is 0 Å². The van der Waals surface area contributed by atoms with E-state index in [1.165, 1.54) is 21.4 Å². The Hall–Kier alpha value is -2.31. The number of nitrogens with zero attached hydrogens (tertiary/aromatic N) is 5. The minimum Gasteiger partial charge on any atom is -0.296 e. The molecule has 0 unspecified atom stereocenters. The molecule has 0 N–H and O–H groups in total. The zero-order chi connectivity index (χ0) is 17.7. The van der Waals surface area contributed by atoms with Crippen LogP contribution in [0.1, 0.15) is 35.7 Å². The van der Waals surface area contributed by atoms with Gasteiger partial charge in [-0.05, 0) is 31.4 Å². The summed E-state index contributed by atoms with van der Waals surface area (Å²) < 4.78 is 1.85. The minimum atomic E-state index is 0.576.